The Bertz CT molecular complexity index is 489. The molecule has 2 N–H and O–H groups in total. The number of hydrogen-bond acceptors (Lipinski definition) is 4. The van der Waals surface area contributed by atoms with Crippen LogP contribution in [0.25, 0.3) is 0 Å². The van der Waals surface area contributed by atoms with Gasteiger partial charge in [-0.25, -0.2) is 9.37 Å². The van der Waals surface area contributed by atoms with Gasteiger partial charge >= 0.3 is 0 Å². The maximum Gasteiger partial charge on any atom is 0.151 e. The largest absolute Gasteiger partial charge is 0.330 e. The highest BCUT2D eigenvalue weighted by atomic mass is 19.1. The molecule has 0 atom stereocenters. The molecule has 1 heterocycles. The van der Waals surface area contributed by atoms with Crippen LogP contribution in [0.5, 0.6) is 0 Å². The number of para-hydroxylation sites is 1. The normalized spacial score (nSPS) is 10.3. The van der Waals surface area contributed by atoms with E-state index in [1.807, 2.05) is 0 Å². The highest BCUT2D eigenvalue weighted by Gasteiger charge is 2.13. The van der Waals surface area contributed by atoms with Crippen molar-refractivity contribution in [2.24, 2.45) is 5.73 Å². The van der Waals surface area contributed by atoms with Gasteiger partial charge in [0.1, 0.15) is 5.82 Å². The molecular formula is C13H15FN4. The van der Waals surface area contributed by atoms with Crippen molar-refractivity contribution in [1.82, 2.24) is 9.97 Å². The van der Waals surface area contributed by atoms with Crippen LogP contribution in [0.1, 0.15) is 6.42 Å². The SMILES string of the molecule is NCCCN(c1cnccn1)c1ccccc1F. The van der Waals surface area contributed by atoms with Crippen LogP contribution in [0.4, 0.5) is 15.9 Å². The first-order valence-corrected chi connectivity index (χ1v) is 5.81. The van der Waals surface area contributed by atoms with Crippen molar-refractivity contribution in [2.45, 2.75) is 6.42 Å². The average molecular weight is 246 g/mol. The number of rotatable bonds is 5. The van der Waals surface area contributed by atoms with Crippen LogP contribution in [-0.2, 0) is 0 Å². The molecule has 0 aliphatic rings. The lowest BCUT2D eigenvalue weighted by atomic mass is 10.2. The molecule has 0 amide bonds. The van der Waals surface area contributed by atoms with Crippen molar-refractivity contribution in [3.63, 3.8) is 0 Å². The van der Waals surface area contributed by atoms with Crippen LogP contribution < -0.4 is 10.6 Å². The summed E-state index contributed by atoms with van der Waals surface area (Å²) in [7, 11) is 0. The quantitative estimate of drug-likeness (QED) is 0.877. The molecule has 0 fully saturated rings. The minimum atomic E-state index is -0.278. The number of aromatic nitrogens is 2. The van der Waals surface area contributed by atoms with E-state index in [-0.39, 0.29) is 5.82 Å². The Morgan fingerprint density at radius 3 is 2.72 bits per heavy atom. The smallest absolute Gasteiger partial charge is 0.151 e. The molecule has 0 saturated carbocycles. The third kappa shape index (κ3) is 2.81. The second-order valence-corrected chi connectivity index (χ2v) is 3.81. The van der Waals surface area contributed by atoms with Crippen molar-refractivity contribution in [1.29, 1.82) is 0 Å². The molecule has 94 valence electrons. The predicted octanol–water partition coefficient (Wildman–Crippen LogP) is 2.10. The highest BCUT2D eigenvalue weighted by molar-refractivity contribution is 5.59. The molecule has 0 aliphatic carbocycles. The molecular weight excluding hydrogens is 231 g/mol. The number of nitrogens with two attached hydrogens (primary N) is 1. The molecule has 0 unspecified atom stereocenters. The second-order valence-electron chi connectivity index (χ2n) is 3.81. The Balaban J connectivity index is 2.34. The summed E-state index contributed by atoms with van der Waals surface area (Å²) in [6.45, 7) is 1.15. The van der Waals surface area contributed by atoms with Gasteiger partial charge in [-0.2, -0.15) is 0 Å². The summed E-state index contributed by atoms with van der Waals surface area (Å²) < 4.78 is 13.8. The lowest BCUT2D eigenvalue weighted by molar-refractivity contribution is 0.622. The van der Waals surface area contributed by atoms with E-state index in [1.165, 1.54) is 6.07 Å². The number of nitrogens with zero attached hydrogens (tertiary/aromatic N) is 3. The molecule has 0 radical (unpaired) electrons. The first-order valence-electron chi connectivity index (χ1n) is 5.81. The summed E-state index contributed by atoms with van der Waals surface area (Å²) >= 11 is 0. The summed E-state index contributed by atoms with van der Waals surface area (Å²) in [5.74, 6) is 0.344. The molecule has 0 spiro atoms. The summed E-state index contributed by atoms with van der Waals surface area (Å²) in [5, 5.41) is 0. The molecule has 1 aromatic carbocycles. The maximum atomic E-state index is 13.8. The minimum absolute atomic E-state index is 0.278. The third-order valence-corrected chi connectivity index (χ3v) is 2.56. The lowest BCUT2D eigenvalue weighted by Crippen LogP contribution is -2.22. The summed E-state index contributed by atoms with van der Waals surface area (Å²) in [4.78, 5) is 10.0. The van der Waals surface area contributed by atoms with Gasteiger partial charge in [0.05, 0.1) is 11.9 Å². The second kappa shape index (κ2) is 6.07. The van der Waals surface area contributed by atoms with Crippen LogP contribution in [0.2, 0.25) is 0 Å². The van der Waals surface area contributed by atoms with E-state index in [9.17, 15) is 4.39 Å². The van der Waals surface area contributed by atoms with E-state index >= 15 is 0 Å². The van der Waals surface area contributed by atoms with Gasteiger partial charge in [0, 0.05) is 18.9 Å². The van der Waals surface area contributed by atoms with Gasteiger partial charge in [-0.3, -0.25) is 4.98 Å². The monoisotopic (exact) mass is 246 g/mol. The zero-order valence-electron chi connectivity index (χ0n) is 9.96. The Hall–Kier alpha value is -2.01. The van der Waals surface area contributed by atoms with Gasteiger partial charge in [-0.1, -0.05) is 12.1 Å². The molecule has 1 aromatic heterocycles. The predicted molar refractivity (Wildman–Crippen MR) is 69.1 cm³/mol. The fourth-order valence-corrected chi connectivity index (χ4v) is 1.71. The van der Waals surface area contributed by atoms with E-state index < -0.39 is 0 Å². The zero-order valence-corrected chi connectivity index (χ0v) is 9.96. The van der Waals surface area contributed by atoms with E-state index in [2.05, 4.69) is 9.97 Å². The highest BCUT2D eigenvalue weighted by Crippen LogP contribution is 2.25. The van der Waals surface area contributed by atoms with Crippen molar-refractivity contribution in [2.75, 3.05) is 18.0 Å². The standard InChI is InChI=1S/C13H15FN4/c14-11-4-1-2-5-12(11)18(9-3-6-15)13-10-16-7-8-17-13/h1-2,4-5,7-8,10H,3,6,9,15H2. The number of anilines is 2. The molecule has 4 nitrogen and oxygen atoms in total. The number of hydrogen-bond donors (Lipinski definition) is 1. The van der Waals surface area contributed by atoms with Crippen LogP contribution in [0, 0.1) is 5.82 Å². The first-order chi connectivity index (χ1) is 8.83. The molecule has 0 saturated heterocycles. The van der Waals surface area contributed by atoms with E-state index in [1.54, 1.807) is 41.7 Å². The molecule has 0 bridgehead atoms. The van der Waals surface area contributed by atoms with E-state index in [0.29, 0.717) is 24.6 Å². The Morgan fingerprint density at radius 2 is 2.06 bits per heavy atom. The first kappa shape index (κ1) is 12.4. The topological polar surface area (TPSA) is 55.0 Å². The van der Waals surface area contributed by atoms with Gasteiger partial charge in [-0.05, 0) is 25.1 Å². The van der Waals surface area contributed by atoms with Gasteiger partial charge in [0.25, 0.3) is 0 Å². The minimum Gasteiger partial charge on any atom is -0.330 e. The molecule has 2 aromatic rings. The molecule has 0 aliphatic heterocycles. The summed E-state index contributed by atoms with van der Waals surface area (Å²) in [6, 6.07) is 6.61. The van der Waals surface area contributed by atoms with Gasteiger partial charge in [-0.15, -0.1) is 0 Å². The van der Waals surface area contributed by atoms with Crippen molar-refractivity contribution < 1.29 is 4.39 Å². The fraction of sp³-hybridized carbons (Fsp3) is 0.231. The molecule has 2 rings (SSSR count). The Morgan fingerprint density at radius 1 is 1.22 bits per heavy atom. The van der Waals surface area contributed by atoms with Crippen molar-refractivity contribution in [3.8, 4) is 0 Å². The Labute approximate surface area is 105 Å². The Kier molecular flexibility index (Phi) is 4.20. The van der Waals surface area contributed by atoms with Crippen molar-refractivity contribution in [3.05, 3.63) is 48.7 Å². The van der Waals surface area contributed by atoms with Crippen LogP contribution in [0.3, 0.4) is 0 Å². The van der Waals surface area contributed by atoms with Crippen LogP contribution in [-0.4, -0.2) is 23.1 Å². The molecule has 5 heteroatoms. The zero-order chi connectivity index (χ0) is 12.8. The molecule has 18 heavy (non-hydrogen) atoms. The maximum absolute atomic E-state index is 13.8. The third-order valence-electron chi connectivity index (χ3n) is 2.56. The van der Waals surface area contributed by atoms with Gasteiger partial charge in [0.15, 0.2) is 5.82 Å². The van der Waals surface area contributed by atoms with E-state index in [4.69, 9.17) is 5.73 Å². The summed E-state index contributed by atoms with van der Waals surface area (Å²) in [5.41, 5.74) is 6.01. The fourth-order valence-electron chi connectivity index (χ4n) is 1.71. The van der Waals surface area contributed by atoms with Crippen molar-refractivity contribution >= 4 is 11.5 Å². The number of benzene rings is 1. The van der Waals surface area contributed by atoms with Crippen LogP contribution >= 0.6 is 0 Å². The average Bonchev–Trinajstić information content (AvgIpc) is 2.42. The van der Waals surface area contributed by atoms with E-state index in [0.717, 1.165) is 6.42 Å². The van der Waals surface area contributed by atoms with Crippen LogP contribution in [0.15, 0.2) is 42.9 Å². The number of halogens is 1. The lowest BCUT2D eigenvalue weighted by Gasteiger charge is -2.23. The van der Waals surface area contributed by atoms with Gasteiger partial charge < -0.3 is 10.6 Å². The summed E-state index contributed by atoms with van der Waals surface area (Å²) in [6.07, 6.45) is 5.55. The van der Waals surface area contributed by atoms with Gasteiger partial charge in [0.2, 0.25) is 0 Å².